The average Bonchev–Trinajstić information content (AvgIpc) is 2.41. The molecular weight excluding hydrogens is 224 g/mol. The van der Waals surface area contributed by atoms with Crippen LogP contribution in [0.15, 0.2) is 0 Å². The van der Waals surface area contributed by atoms with E-state index in [2.05, 4.69) is 13.8 Å². The Morgan fingerprint density at radius 3 is 2.11 bits per heavy atom. The molecule has 1 aliphatic carbocycles. The second-order valence-electron chi connectivity index (χ2n) is 5.10. The van der Waals surface area contributed by atoms with Crippen molar-refractivity contribution in [1.82, 2.24) is 0 Å². The zero-order chi connectivity index (χ0) is 14.0. The van der Waals surface area contributed by atoms with Gasteiger partial charge in [0, 0.05) is 6.92 Å². The second kappa shape index (κ2) is 9.41. The molecule has 1 aliphatic rings. The zero-order valence-corrected chi connectivity index (χ0v) is 13.1. The molecule has 0 bridgehead atoms. The van der Waals surface area contributed by atoms with Gasteiger partial charge in [0.1, 0.15) is 5.60 Å². The molecule has 18 heavy (non-hydrogen) atoms. The Morgan fingerprint density at radius 1 is 1.17 bits per heavy atom. The quantitative estimate of drug-likeness (QED) is 0.639. The van der Waals surface area contributed by atoms with Gasteiger partial charge in [-0.1, -0.05) is 53.4 Å². The Bertz CT molecular complexity index is 219. The monoisotopic (exact) mass is 256 g/mol. The number of carbonyl (C=O) groups is 1. The molecule has 0 spiro atoms. The van der Waals surface area contributed by atoms with Crippen LogP contribution >= 0.6 is 0 Å². The van der Waals surface area contributed by atoms with Crippen LogP contribution in [0.3, 0.4) is 0 Å². The highest BCUT2D eigenvalue weighted by Gasteiger charge is 2.39. The zero-order valence-electron chi connectivity index (χ0n) is 13.1. The molecule has 108 valence electrons. The first-order valence-electron chi connectivity index (χ1n) is 7.84. The molecular formula is C16H32O2. The largest absolute Gasteiger partial charge is 0.459 e. The number of rotatable bonds is 5. The minimum Gasteiger partial charge on any atom is -0.459 e. The van der Waals surface area contributed by atoms with Gasteiger partial charge in [0.15, 0.2) is 0 Å². The Morgan fingerprint density at radius 2 is 1.72 bits per heavy atom. The number of esters is 1. The highest BCUT2D eigenvalue weighted by Crippen LogP contribution is 2.40. The van der Waals surface area contributed by atoms with Gasteiger partial charge in [0.25, 0.3) is 0 Å². The van der Waals surface area contributed by atoms with Crippen LogP contribution in [0.4, 0.5) is 0 Å². The van der Waals surface area contributed by atoms with Crippen molar-refractivity contribution in [1.29, 1.82) is 0 Å². The van der Waals surface area contributed by atoms with Gasteiger partial charge in [0.05, 0.1) is 0 Å². The van der Waals surface area contributed by atoms with Crippen molar-refractivity contribution in [2.45, 2.75) is 91.6 Å². The van der Waals surface area contributed by atoms with E-state index in [1.165, 1.54) is 32.1 Å². The molecule has 0 radical (unpaired) electrons. The van der Waals surface area contributed by atoms with Gasteiger partial charge >= 0.3 is 5.97 Å². The summed E-state index contributed by atoms with van der Waals surface area (Å²) in [4.78, 5) is 11.3. The van der Waals surface area contributed by atoms with Crippen molar-refractivity contribution < 1.29 is 9.53 Å². The molecule has 1 atom stereocenters. The smallest absolute Gasteiger partial charge is 0.303 e. The Hall–Kier alpha value is -0.530. The number of hydrogen-bond acceptors (Lipinski definition) is 2. The molecule has 0 saturated heterocycles. The van der Waals surface area contributed by atoms with Crippen LogP contribution in [0.25, 0.3) is 0 Å². The van der Waals surface area contributed by atoms with E-state index in [-0.39, 0.29) is 11.6 Å². The average molecular weight is 256 g/mol. The van der Waals surface area contributed by atoms with Gasteiger partial charge in [-0.3, -0.25) is 4.79 Å². The van der Waals surface area contributed by atoms with Gasteiger partial charge in [-0.15, -0.1) is 0 Å². The van der Waals surface area contributed by atoms with E-state index >= 15 is 0 Å². The fourth-order valence-corrected chi connectivity index (χ4v) is 3.21. The lowest BCUT2D eigenvalue weighted by Crippen LogP contribution is -2.42. The highest BCUT2D eigenvalue weighted by atomic mass is 16.6. The van der Waals surface area contributed by atoms with Crippen LogP contribution in [0.5, 0.6) is 0 Å². The normalized spacial score (nSPS) is 19.4. The topological polar surface area (TPSA) is 26.3 Å². The molecule has 1 saturated carbocycles. The van der Waals surface area contributed by atoms with Crippen molar-refractivity contribution in [3.63, 3.8) is 0 Å². The molecule has 0 aromatic carbocycles. The van der Waals surface area contributed by atoms with Crippen molar-refractivity contribution in [3.05, 3.63) is 0 Å². The van der Waals surface area contributed by atoms with E-state index in [0.29, 0.717) is 5.92 Å². The van der Waals surface area contributed by atoms with Crippen LogP contribution < -0.4 is 0 Å². The molecule has 0 N–H and O–H groups in total. The summed E-state index contributed by atoms with van der Waals surface area (Å²) in [6.45, 7) is 9.88. The fourth-order valence-electron chi connectivity index (χ4n) is 3.21. The van der Waals surface area contributed by atoms with Crippen LogP contribution in [0.2, 0.25) is 0 Å². The summed E-state index contributed by atoms with van der Waals surface area (Å²) in [5.41, 5.74) is -0.166. The van der Waals surface area contributed by atoms with Crippen LogP contribution in [0.1, 0.15) is 86.0 Å². The predicted molar refractivity (Wildman–Crippen MR) is 77.6 cm³/mol. The molecule has 0 amide bonds. The van der Waals surface area contributed by atoms with Crippen LogP contribution in [-0.2, 0) is 9.53 Å². The van der Waals surface area contributed by atoms with E-state index in [1.807, 2.05) is 13.8 Å². The molecule has 2 heteroatoms. The number of hydrogen-bond donors (Lipinski definition) is 0. The van der Waals surface area contributed by atoms with E-state index in [0.717, 1.165) is 19.3 Å². The van der Waals surface area contributed by atoms with Crippen LogP contribution in [0, 0.1) is 5.92 Å². The van der Waals surface area contributed by atoms with Crippen LogP contribution in [-0.4, -0.2) is 11.6 Å². The van der Waals surface area contributed by atoms with Crippen molar-refractivity contribution >= 4 is 5.97 Å². The molecule has 1 unspecified atom stereocenters. The SMILES string of the molecule is CC.CCCC(CC)(OC(C)=O)C1CCCCC1. The summed E-state index contributed by atoms with van der Waals surface area (Å²) in [6.07, 6.45) is 9.51. The van der Waals surface area contributed by atoms with Crippen molar-refractivity contribution in [2.75, 3.05) is 0 Å². The minimum absolute atomic E-state index is 0.110. The molecule has 0 aromatic heterocycles. The maximum absolute atomic E-state index is 11.3. The molecule has 1 rings (SSSR count). The first-order valence-corrected chi connectivity index (χ1v) is 7.84. The third-order valence-electron chi connectivity index (χ3n) is 3.97. The molecule has 0 heterocycles. The summed E-state index contributed by atoms with van der Waals surface area (Å²) in [5, 5.41) is 0. The fraction of sp³-hybridized carbons (Fsp3) is 0.938. The first kappa shape index (κ1) is 17.5. The molecule has 0 aromatic rings. The Labute approximate surface area is 113 Å². The van der Waals surface area contributed by atoms with Crippen molar-refractivity contribution in [2.24, 2.45) is 5.92 Å². The summed E-state index contributed by atoms with van der Waals surface area (Å²) in [5.74, 6) is 0.482. The molecule has 1 fully saturated rings. The maximum Gasteiger partial charge on any atom is 0.303 e. The Balaban J connectivity index is 0.00000137. The number of carbonyl (C=O) groups excluding carboxylic acids is 1. The van der Waals surface area contributed by atoms with Gasteiger partial charge in [-0.25, -0.2) is 0 Å². The van der Waals surface area contributed by atoms with Gasteiger partial charge < -0.3 is 4.74 Å². The molecule has 0 aliphatic heterocycles. The predicted octanol–water partition coefficient (Wildman–Crippen LogP) is 5.10. The van der Waals surface area contributed by atoms with E-state index in [4.69, 9.17) is 4.74 Å². The first-order chi connectivity index (χ1) is 8.64. The second-order valence-corrected chi connectivity index (χ2v) is 5.10. The minimum atomic E-state index is -0.166. The lowest BCUT2D eigenvalue weighted by atomic mass is 9.73. The highest BCUT2D eigenvalue weighted by molar-refractivity contribution is 5.66. The van der Waals surface area contributed by atoms with Gasteiger partial charge in [-0.2, -0.15) is 0 Å². The third-order valence-corrected chi connectivity index (χ3v) is 3.97. The summed E-state index contributed by atoms with van der Waals surface area (Å²) >= 11 is 0. The molecule has 2 nitrogen and oxygen atoms in total. The maximum atomic E-state index is 11.3. The van der Waals surface area contributed by atoms with Crippen molar-refractivity contribution in [3.8, 4) is 0 Å². The van der Waals surface area contributed by atoms with E-state index < -0.39 is 0 Å². The standard InChI is InChI=1S/C14H26O2.C2H6/c1-4-11-14(5-2,16-12(3)15)13-9-7-6-8-10-13;1-2/h13H,4-11H2,1-3H3;1-2H3. The van der Waals surface area contributed by atoms with E-state index in [9.17, 15) is 4.79 Å². The van der Waals surface area contributed by atoms with Gasteiger partial charge in [-0.05, 0) is 31.6 Å². The Kier molecular flexibility index (Phi) is 9.13. The summed E-state index contributed by atoms with van der Waals surface area (Å²) in [6, 6.07) is 0. The number of ether oxygens (including phenoxy) is 1. The van der Waals surface area contributed by atoms with E-state index in [1.54, 1.807) is 6.92 Å². The summed E-state index contributed by atoms with van der Waals surface area (Å²) in [7, 11) is 0. The summed E-state index contributed by atoms with van der Waals surface area (Å²) < 4.78 is 5.73. The lowest BCUT2D eigenvalue weighted by molar-refractivity contribution is -0.167. The van der Waals surface area contributed by atoms with Gasteiger partial charge in [0.2, 0.25) is 0 Å². The lowest BCUT2D eigenvalue weighted by Gasteiger charge is -2.41. The third kappa shape index (κ3) is 4.99.